The molecule has 4 heterocycles. The van der Waals surface area contributed by atoms with Crippen molar-refractivity contribution in [1.82, 2.24) is 19.1 Å². The van der Waals surface area contributed by atoms with Gasteiger partial charge in [0, 0.05) is 84.2 Å². The predicted molar refractivity (Wildman–Crippen MR) is 311 cm³/mol. The summed E-state index contributed by atoms with van der Waals surface area (Å²) in [6, 6.07) is 40.9. The molecule has 0 spiro atoms. The molecule has 2 amide bonds. The van der Waals surface area contributed by atoms with Crippen molar-refractivity contribution in [3.05, 3.63) is 192 Å². The van der Waals surface area contributed by atoms with Gasteiger partial charge in [-0.1, -0.05) is 76.2 Å². The number of carboxylic acids is 2. The molecule has 0 bridgehead atoms. The topological polar surface area (TPSA) is 255 Å². The second-order valence-corrected chi connectivity index (χ2v) is 20.5. The molecule has 0 unspecified atom stereocenters. The van der Waals surface area contributed by atoms with Crippen molar-refractivity contribution in [3.63, 3.8) is 0 Å². The number of nitrogens with one attached hydrogen (secondary N) is 2. The van der Waals surface area contributed by atoms with Gasteiger partial charge in [0.05, 0.1) is 58.3 Å². The van der Waals surface area contributed by atoms with Gasteiger partial charge in [0.1, 0.15) is 11.6 Å². The molecule has 4 aromatic heterocycles. The van der Waals surface area contributed by atoms with Crippen LogP contribution < -0.4 is 20.8 Å². The van der Waals surface area contributed by atoms with Gasteiger partial charge in [0.25, 0.3) is 11.8 Å². The average Bonchev–Trinajstić information content (AvgIpc) is 3.14. The van der Waals surface area contributed by atoms with E-state index in [1.165, 1.54) is 24.3 Å². The molecule has 19 heteroatoms. The number of carboxylic acid groups (broad SMARTS) is 2. The Labute approximate surface area is 510 Å². The molecule has 8 rings (SSSR count). The van der Waals surface area contributed by atoms with Gasteiger partial charge in [0.2, 0.25) is 0 Å². The number of benzene rings is 4. The van der Waals surface area contributed by atoms with Gasteiger partial charge in [-0.25, -0.2) is 8.78 Å². The number of anilines is 2. The third-order valence-corrected chi connectivity index (χ3v) is 13.6. The van der Waals surface area contributed by atoms with E-state index in [0.717, 1.165) is 0 Å². The smallest absolute Gasteiger partial charge is 0.550 e. The minimum Gasteiger partial charge on any atom is -0.550 e. The number of para-hydroxylation sites is 2. The number of aliphatic hydroxyl groups excluding tert-OH is 4. The van der Waals surface area contributed by atoms with Gasteiger partial charge in [-0.05, 0) is 146 Å². The Hall–Kier alpha value is -7.42. The molecule has 4 aromatic carbocycles. The summed E-state index contributed by atoms with van der Waals surface area (Å²) in [5.74, 6) is -4.59. The minimum atomic E-state index is -1.40. The van der Waals surface area contributed by atoms with Crippen LogP contribution in [0.2, 0.25) is 0 Å². The number of aromatic nitrogens is 4. The molecular weight excluding hydrogens is 1090 g/mol. The molecule has 4 atom stereocenters. The average molecular weight is 1160 g/mol. The van der Waals surface area contributed by atoms with E-state index in [4.69, 9.17) is 0 Å². The Morgan fingerprint density at radius 3 is 1.13 bits per heavy atom. The summed E-state index contributed by atoms with van der Waals surface area (Å²) in [5.41, 5.74) is 8.26. The van der Waals surface area contributed by atoms with Crippen molar-refractivity contribution in [3.8, 4) is 45.0 Å². The molecule has 8 aromatic rings. The summed E-state index contributed by atoms with van der Waals surface area (Å²) in [6.45, 7) is 8.31. The second kappa shape index (κ2) is 30.8. The Morgan fingerprint density at radius 1 is 0.494 bits per heavy atom. The first-order valence-corrected chi connectivity index (χ1v) is 27.0. The number of hydrogen-bond acceptors (Lipinski definition) is 12. The van der Waals surface area contributed by atoms with Crippen LogP contribution in [0.3, 0.4) is 0 Å². The zero-order chi connectivity index (χ0) is 59.0. The molecule has 0 radical (unpaired) electrons. The molecule has 0 aliphatic heterocycles. The fourth-order valence-corrected chi connectivity index (χ4v) is 10.1. The number of carbonyl (C=O) groups is 4. The molecule has 428 valence electrons. The number of pyridine rings is 2. The zero-order valence-electron chi connectivity index (χ0n) is 46.6. The number of rotatable bonds is 24. The normalized spacial score (nSPS) is 12.6. The second-order valence-electron chi connectivity index (χ2n) is 20.5. The number of halogens is 2. The van der Waals surface area contributed by atoms with Crippen LogP contribution >= 0.6 is 0 Å². The number of amides is 2. The fraction of sp³-hybridized carbons (Fsp3) is 0.281. The minimum absolute atomic E-state index is 0. The summed E-state index contributed by atoms with van der Waals surface area (Å²) in [7, 11) is 0. The van der Waals surface area contributed by atoms with Gasteiger partial charge < -0.3 is 60.0 Å². The molecular formula is C64H66CaF2N6O10. The Balaban J connectivity index is 0.000000263. The molecule has 16 nitrogen and oxygen atoms in total. The zero-order valence-corrected chi connectivity index (χ0v) is 48.8. The van der Waals surface area contributed by atoms with E-state index in [1.807, 2.05) is 85.4 Å². The standard InChI is InChI=1S/2C32H34FN3O5.Ca/c2*1-20(2)30-29(32(41)35-23-8-4-3-5-9-23)28(26-10-6-7-16-34-26)31(21-11-13-22(33)14-12-21)36(30)17-15-24(37)18-25(38)19-27(39)40;/h2*3-14,16,20,24-25,37-38H,15,17-19H2,1-2H3,(H,35,41)(H,39,40);/q;;+2/p-2/t2*24-,25-;/m11./s1. The predicted octanol–water partition coefficient (Wildman–Crippen LogP) is 8.37. The van der Waals surface area contributed by atoms with Crippen molar-refractivity contribution in [1.29, 1.82) is 0 Å². The van der Waals surface area contributed by atoms with Crippen molar-refractivity contribution in [2.24, 2.45) is 0 Å². The SMILES string of the molecule is CC(C)c1c(C(=O)Nc2ccccc2)c(-c2ccccn2)c(-c2ccc(F)cc2)n1CC[C@@H](O)C[C@@H](O)CC(=O)[O-].CC(C)c1c(C(=O)Nc2ccccc2)c(-c2ccccn2)c(-c2ccc(F)cc2)n1CC[C@@H](O)C[C@@H](O)CC(=O)[O-].[Ca+2]. The fourth-order valence-electron chi connectivity index (χ4n) is 10.1. The first-order valence-electron chi connectivity index (χ1n) is 27.0. The maximum atomic E-state index is 14.0. The first kappa shape index (κ1) is 64.7. The monoisotopic (exact) mass is 1160 g/mol. The van der Waals surface area contributed by atoms with Crippen LogP contribution in [0.1, 0.15) is 110 Å². The molecule has 0 saturated heterocycles. The Morgan fingerprint density at radius 2 is 0.831 bits per heavy atom. The van der Waals surface area contributed by atoms with E-state index in [-0.39, 0.29) is 100 Å². The maximum absolute atomic E-state index is 14.0. The third kappa shape index (κ3) is 17.3. The Bertz CT molecular complexity index is 3180. The molecule has 0 saturated carbocycles. The largest absolute Gasteiger partial charge is 2.00 e. The summed E-state index contributed by atoms with van der Waals surface area (Å²) in [4.78, 5) is 58.9. The van der Waals surface area contributed by atoms with Crippen molar-refractivity contribution in [2.75, 3.05) is 10.6 Å². The van der Waals surface area contributed by atoms with Crippen LogP contribution in [-0.4, -0.2) is 125 Å². The van der Waals surface area contributed by atoms with E-state index in [2.05, 4.69) is 20.6 Å². The van der Waals surface area contributed by atoms with Crippen molar-refractivity contribution < 1.29 is 58.6 Å². The number of hydrogen-bond donors (Lipinski definition) is 6. The first-order chi connectivity index (χ1) is 39.3. The summed E-state index contributed by atoms with van der Waals surface area (Å²) >= 11 is 0. The van der Waals surface area contributed by atoms with Gasteiger partial charge >= 0.3 is 37.7 Å². The van der Waals surface area contributed by atoms with Crippen LogP contribution in [0, 0.1) is 11.6 Å². The van der Waals surface area contributed by atoms with Crippen LogP contribution in [0.4, 0.5) is 20.2 Å². The molecule has 0 aliphatic carbocycles. The van der Waals surface area contributed by atoms with Crippen LogP contribution in [0.25, 0.3) is 45.0 Å². The number of nitrogens with zero attached hydrogens (tertiary/aromatic N) is 4. The molecule has 0 aliphatic rings. The molecule has 6 N–H and O–H groups in total. The van der Waals surface area contributed by atoms with Gasteiger partial charge in [0.15, 0.2) is 0 Å². The molecule has 0 fully saturated rings. The summed E-state index contributed by atoms with van der Waals surface area (Å²) in [6.07, 6.45) is -2.40. The number of aliphatic carboxylic acids is 2. The van der Waals surface area contributed by atoms with Crippen LogP contribution in [0.5, 0.6) is 0 Å². The molecule has 83 heavy (non-hydrogen) atoms. The summed E-state index contributed by atoms with van der Waals surface area (Å²) < 4.78 is 31.9. The van der Waals surface area contributed by atoms with E-state index in [9.17, 15) is 58.6 Å². The van der Waals surface area contributed by atoms with E-state index < -0.39 is 60.8 Å². The van der Waals surface area contributed by atoms with E-state index in [1.54, 1.807) is 85.2 Å². The quantitative estimate of drug-likeness (QED) is 0.0312. The summed E-state index contributed by atoms with van der Waals surface area (Å²) in [5, 5.41) is 69.1. The Kier molecular flexibility index (Phi) is 24.0. The number of carbonyl (C=O) groups excluding carboxylic acids is 4. The van der Waals surface area contributed by atoms with Gasteiger partial charge in [-0.2, -0.15) is 0 Å². The van der Waals surface area contributed by atoms with Crippen LogP contribution in [-0.2, 0) is 22.7 Å². The number of aliphatic hydroxyl groups is 4. The van der Waals surface area contributed by atoms with Gasteiger partial charge in [-0.3, -0.25) is 19.6 Å². The third-order valence-electron chi connectivity index (χ3n) is 13.6. The maximum Gasteiger partial charge on any atom is 2.00 e. The van der Waals surface area contributed by atoms with Gasteiger partial charge in [-0.15, -0.1) is 0 Å². The van der Waals surface area contributed by atoms with E-state index in [0.29, 0.717) is 78.9 Å². The van der Waals surface area contributed by atoms with Crippen molar-refractivity contribution >= 4 is 72.9 Å². The van der Waals surface area contributed by atoms with Crippen LogP contribution in [0.15, 0.2) is 158 Å². The van der Waals surface area contributed by atoms with Crippen molar-refractivity contribution in [2.45, 2.75) is 116 Å². The van der Waals surface area contributed by atoms with E-state index >= 15 is 0 Å².